The Hall–Kier alpha value is -12.1. The van der Waals surface area contributed by atoms with Crippen LogP contribution in [-0.2, 0) is 9.31 Å². The summed E-state index contributed by atoms with van der Waals surface area (Å²) in [5.41, 5.74) is 17.9. The van der Waals surface area contributed by atoms with E-state index in [1.165, 1.54) is 90.4 Å². The van der Waals surface area contributed by atoms with Gasteiger partial charge in [-0.15, -0.1) is 22.7 Å². The number of benzene rings is 14. The van der Waals surface area contributed by atoms with Crippen molar-refractivity contribution in [2.45, 2.75) is 32.0 Å². The summed E-state index contributed by atoms with van der Waals surface area (Å²) in [4.78, 5) is 29.0. The normalized spacial score (nSPS) is 13.8. The number of hydrogen-bond donors (Lipinski definition) is 0. The lowest BCUT2D eigenvalue weighted by Gasteiger charge is -2.25. The van der Waals surface area contributed by atoms with E-state index in [2.05, 4.69) is 234 Å². The predicted molar refractivity (Wildman–Crippen MR) is 455 cm³/mol. The molecule has 0 spiro atoms. The van der Waals surface area contributed by atoms with E-state index >= 15 is 0 Å². The molecule has 1 atom stereocenters. The van der Waals surface area contributed by atoms with Crippen molar-refractivity contribution in [1.82, 2.24) is 29.9 Å². The molecule has 1 unspecified atom stereocenters. The maximum Gasteiger partial charge on any atom is 0.499 e. The third-order valence-corrected chi connectivity index (χ3v) is 22.9. The van der Waals surface area contributed by atoms with Gasteiger partial charge in [0.15, 0.2) is 34.9 Å². The van der Waals surface area contributed by atoms with E-state index in [4.69, 9.17) is 34.2 Å². The van der Waals surface area contributed by atoms with Crippen LogP contribution in [0.3, 0.4) is 0 Å². The van der Waals surface area contributed by atoms with Crippen molar-refractivity contribution in [3.05, 3.63) is 363 Å². The molecule has 4 aromatic heterocycles. The highest BCUT2D eigenvalue weighted by Gasteiger charge is 2.57. The minimum Gasteiger partial charge on any atom is -0.395 e. The highest BCUT2D eigenvalue weighted by Crippen LogP contribution is 2.48. The van der Waals surface area contributed by atoms with Crippen molar-refractivity contribution in [2.24, 2.45) is 0 Å². The molecule has 0 amide bonds. The number of hydrogen-bond acceptors (Lipinski definition) is 10. The van der Waals surface area contributed by atoms with E-state index in [1.807, 2.05) is 189 Å². The van der Waals surface area contributed by atoms with Gasteiger partial charge < -0.3 is 9.31 Å². The molecule has 108 heavy (non-hydrogen) atoms. The molecule has 8 nitrogen and oxygen atoms in total. The van der Waals surface area contributed by atoms with E-state index in [0.717, 1.165) is 48.9 Å². The molecular weight excluding hydrogens is 1420 g/mol. The van der Waals surface area contributed by atoms with Gasteiger partial charge in [-0.25, -0.2) is 29.9 Å². The van der Waals surface area contributed by atoms with Gasteiger partial charge in [0.25, 0.3) is 0 Å². The highest BCUT2D eigenvalue weighted by molar-refractivity contribution is 9.10. The van der Waals surface area contributed by atoms with E-state index in [0.29, 0.717) is 34.9 Å². The largest absolute Gasteiger partial charge is 0.499 e. The Morgan fingerprint density at radius 3 is 0.981 bits per heavy atom. The number of fused-ring (bicyclic) bond motifs is 6. The van der Waals surface area contributed by atoms with Gasteiger partial charge >= 0.3 is 7.12 Å². The number of nitrogens with zero attached hydrogens (tertiary/aromatic N) is 6. The lowest BCUT2D eigenvalue weighted by molar-refractivity contribution is 0.0262. The van der Waals surface area contributed by atoms with Gasteiger partial charge in [-0.3, -0.25) is 0 Å². The Kier molecular flexibility index (Phi) is 19.2. The van der Waals surface area contributed by atoms with Gasteiger partial charge in [0.05, 0.1) is 6.92 Å². The Bertz CT molecular complexity index is 6120. The van der Waals surface area contributed by atoms with E-state index in [-0.39, 0.29) is 0 Å². The van der Waals surface area contributed by atoms with Crippen LogP contribution in [0.2, 0.25) is 0 Å². The van der Waals surface area contributed by atoms with Crippen LogP contribution in [0.4, 0.5) is 0 Å². The first-order valence-electron chi connectivity index (χ1n) is 35.9. The van der Waals surface area contributed by atoms with Gasteiger partial charge in [0.2, 0.25) is 5.60 Å². The molecule has 14 aromatic carbocycles. The van der Waals surface area contributed by atoms with Crippen LogP contribution in [0, 0.1) is 6.92 Å². The van der Waals surface area contributed by atoms with Crippen molar-refractivity contribution in [3.63, 3.8) is 0 Å². The molecule has 5 heterocycles. The van der Waals surface area contributed by atoms with Crippen molar-refractivity contribution in [2.75, 3.05) is 0 Å². The minimum absolute atomic E-state index is 0.442. The Morgan fingerprint density at radius 1 is 0.269 bits per heavy atom. The Morgan fingerprint density at radius 2 is 0.583 bits per heavy atom. The predicted octanol–water partition coefficient (Wildman–Crippen LogP) is 25.4. The van der Waals surface area contributed by atoms with Gasteiger partial charge in [-0.2, -0.15) is 0 Å². The smallest absolute Gasteiger partial charge is 0.395 e. The molecule has 516 valence electrons. The molecular formula is C96H69BBrN6O2S2+. The summed E-state index contributed by atoms with van der Waals surface area (Å²) < 4.78 is 18.8. The number of aromatic nitrogens is 6. The maximum absolute atomic E-state index is 6.38. The van der Waals surface area contributed by atoms with Crippen LogP contribution < -0.4 is 5.46 Å². The van der Waals surface area contributed by atoms with Gasteiger partial charge in [-0.05, 0) is 101 Å². The summed E-state index contributed by atoms with van der Waals surface area (Å²) in [5, 5.41) is 5.03. The van der Waals surface area contributed by atoms with E-state index in [9.17, 15) is 0 Å². The molecule has 0 N–H and O–H groups in total. The molecule has 12 heteroatoms. The third-order valence-electron chi connectivity index (χ3n) is 19.8. The monoisotopic (exact) mass is 1490 g/mol. The number of thiophene rings is 2. The molecule has 19 rings (SSSR count). The van der Waals surface area contributed by atoms with Crippen LogP contribution in [0.15, 0.2) is 356 Å². The summed E-state index contributed by atoms with van der Waals surface area (Å²) in [5.74, 6) is 3.97. The van der Waals surface area contributed by atoms with Crippen LogP contribution >= 0.6 is 38.6 Å². The highest BCUT2D eigenvalue weighted by atomic mass is 79.9. The van der Waals surface area contributed by atoms with Crippen LogP contribution in [0.25, 0.3) is 164 Å². The molecule has 0 bridgehead atoms. The first-order valence-corrected chi connectivity index (χ1v) is 38.4. The van der Waals surface area contributed by atoms with Gasteiger partial charge in [-0.1, -0.05) is 325 Å². The first-order chi connectivity index (χ1) is 52.9. The van der Waals surface area contributed by atoms with Gasteiger partial charge in [0, 0.05) is 102 Å². The van der Waals surface area contributed by atoms with Crippen LogP contribution in [0.5, 0.6) is 0 Å². The quantitative estimate of drug-likeness (QED) is 0.0882. The number of rotatable bonds is 12. The average Bonchev–Trinajstić information content (AvgIpc) is 1.58. The van der Waals surface area contributed by atoms with Crippen molar-refractivity contribution in [3.8, 4) is 124 Å². The molecule has 1 aliphatic heterocycles. The second-order valence-corrected chi connectivity index (χ2v) is 30.3. The fourth-order valence-electron chi connectivity index (χ4n) is 13.7. The fourth-order valence-corrected chi connectivity index (χ4v) is 16.8. The third kappa shape index (κ3) is 14.2. The minimum atomic E-state index is -0.619. The SMILES string of the molecule is Brc1cccc(-c2nc(-c3ccccc3)nc(-c3ccccc3)n2)c1.[CH2+]C1(C)OB(c2cccc3c2sc2c(-c4ccccc4)cc(-c4ccccc4)cc23)OC1(C)C.c1ccc(-c2cc(-c3ccccc3)c3sc4c(-c5cccc(-c6nc(-c7ccccc7)nc(-c7ccccc7)n6)c5)cccc4c3c2)cc1. The van der Waals surface area contributed by atoms with Gasteiger partial charge in [0.1, 0.15) is 5.60 Å². The molecule has 18 aromatic rings. The summed E-state index contributed by atoms with van der Waals surface area (Å²) >= 11 is 7.20. The van der Waals surface area contributed by atoms with E-state index < -0.39 is 18.3 Å². The van der Waals surface area contributed by atoms with Crippen molar-refractivity contribution >= 4 is 91.5 Å². The molecule has 1 saturated heterocycles. The fraction of sp³-hybridized carbons (Fsp3) is 0.0521. The maximum atomic E-state index is 6.38. The summed E-state index contributed by atoms with van der Waals surface area (Å²) in [6.45, 7) is 10.4. The molecule has 1 fully saturated rings. The standard InChI is InChI=1S/C45H29N3S.C30H26BO2S.C21H14BrN3/c1-5-15-30(16-6-1)36-28-39(31-17-7-2-8-18-31)42-40(29-36)38-26-14-25-37(41(38)49-42)34-23-13-24-35(27-34)45-47-43(32-19-9-3-10-20-32)46-44(48-45)33-21-11-4-12-22-33;1-29(2)30(3,4)33-31(32-29)26-17-11-16-23-25-19-22(20-12-7-5-8-13-20)18-24(27(25)34-28(23)26)21-14-9-6-10-15-21;22-18-13-7-12-17(14-18)21-24-19(15-8-3-1-4-9-15)23-20(25-21)16-10-5-2-6-11-16/h1-29H;5-19H,1H2,2-4H3;1-14H/q;+1;. The zero-order chi connectivity index (χ0) is 73.1. The summed E-state index contributed by atoms with van der Waals surface area (Å²) in [6, 6.07) is 122. The van der Waals surface area contributed by atoms with Crippen molar-refractivity contribution in [1.29, 1.82) is 0 Å². The topological polar surface area (TPSA) is 95.8 Å². The summed E-state index contributed by atoms with van der Waals surface area (Å²) in [7, 11) is -0.442. The average molecular weight is 1490 g/mol. The Balaban J connectivity index is 0.000000126. The van der Waals surface area contributed by atoms with Crippen molar-refractivity contribution < 1.29 is 9.31 Å². The summed E-state index contributed by atoms with van der Waals surface area (Å²) in [6.07, 6.45) is 0. The lowest BCUT2D eigenvalue weighted by atomic mass is 9.78. The molecule has 0 aliphatic carbocycles. The van der Waals surface area contributed by atoms with E-state index in [1.54, 1.807) is 0 Å². The molecule has 1 aliphatic rings. The second-order valence-electron chi connectivity index (χ2n) is 27.4. The van der Waals surface area contributed by atoms with Crippen LogP contribution in [0.1, 0.15) is 20.8 Å². The first kappa shape index (κ1) is 69.0. The molecule has 0 saturated carbocycles. The van der Waals surface area contributed by atoms with Crippen LogP contribution in [-0.4, -0.2) is 48.2 Å². The zero-order valence-electron chi connectivity index (χ0n) is 59.5. The zero-order valence-corrected chi connectivity index (χ0v) is 62.7. The number of halogens is 1. The molecule has 0 radical (unpaired) electrons. The second kappa shape index (κ2) is 30.0. The Labute approximate surface area is 645 Å². The lowest BCUT2D eigenvalue weighted by Crippen LogP contribution is -2.42.